The molecule has 0 aliphatic rings. The Balaban J connectivity index is 3.52. The van der Waals surface area contributed by atoms with E-state index in [1.54, 1.807) is 0 Å². The summed E-state index contributed by atoms with van der Waals surface area (Å²) in [4.78, 5) is 10.8. The van der Waals surface area contributed by atoms with E-state index in [9.17, 15) is 13.6 Å². The third kappa shape index (κ3) is 2.94. The van der Waals surface area contributed by atoms with Gasteiger partial charge < -0.3 is 14.6 Å². The lowest BCUT2D eigenvalue weighted by molar-refractivity contribution is -0.138. The molecule has 0 heterocycles. The highest BCUT2D eigenvalue weighted by Gasteiger charge is 2.34. The summed E-state index contributed by atoms with van der Waals surface area (Å²) in [6.45, 7) is 2.89. The van der Waals surface area contributed by atoms with Crippen LogP contribution in [0.4, 0.5) is 8.78 Å². The molecule has 0 atom stereocenters. The van der Waals surface area contributed by atoms with Crippen molar-refractivity contribution in [2.75, 3.05) is 14.2 Å². The van der Waals surface area contributed by atoms with Crippen molar-refractivity contribution in [3.63, 3.8) is 0 Å². The molecule has 0 radical (unpaired) electrons. The van der Waals surface area contributed by atoms with Crippen molar-refractivity contribution >= 4 is 5.97 Å². The van der Waals surface area contributed by atoms with Gasteiger partial charge in [-0.3, -0.25) is 4.79 Å². The first-order valence-electron chi connectivity index (χ1n) is 5.56. The Labute approximate surface area is 109 Å². The van der Waals surface area contributed by atoms with Crippen LogP contribution in [0.25, 0.3) is 0 Å². The topological polar surface area (TPSA) is 55.8 Å². The van der Waals surface area contributed by atoms with Crippen LogP contribution in [0.15, 0.2) is 6.07 Å². The van der Waals surface area contributed by atoms with Crippen molar-refractivity contribution in [3.05, 3.63) is 23.3 Å². The van der Waals surface area contributed by atoms with E-state index in [1.807, 2.05) is 0 Å². The summed E-state index contributed by atoms with van der Waals surface area (Å²) in [7, 11) is 2.48. The molecule has 0 aliphatic heterocycles. The van der Waals surface area contributed by atoms with Crippen molar-refractivity contribution < 1.29 is 28.2 Å². The number of hydrogen-bond donors (Lipinski definition) is 1. The van der Waals surface area contributed by atoms with Crippen molar-refractivity contribution in [1.82, 2.24) is 0 Å². The Kier molecular flexibility index (Phi) is 4.34. The lowest BCUT2D eigenvalue weighted by Crippen LogP contribution is -2.25. The summed E-state index contributed by atoms with van der Waals surface area (Å²) in [5.74, 6) is -3.34. The highest BCUT2D eigenvalue weighted by atomic mass is 19.1. The van der Waals surface area contributed by atoms with Crippen LogP contribution in [0.3, 0.4) is 0 Å². The minimum Gasteiger partial charge on any atom is -0.494 e. The van der Waals surface area contributed by atoms with Gasteiger partial charge in [0.25, 0.3) is 0 Å². The molecule has 1 N–H and O–H groups in total. The van der Waals surface area contributed by atoms with Gasteiger partial charge in [-0.2, -0.15) is 0 Å². The standard InChI is InChI=1S/C13H16F2O4/c1-13(2,6-9(16)17)10-11(14)7(18-3)5-8(19-4)12(10)15/h5H,6H2,1-4H3,(H,16,17). The van der Waals surface area contributed by atoms with Gasteiger partial charge in [0, 0.05) is 17.0 Å². The SMILES string of the molecule is COc1cc(OC)c(F)c(C(C)(C)CC(=O)O)c1F. The van der Waals surface area contributed by atoms with E-state index in [4.69, 9.17) is 14.6 Å². The van der Waals surface area contributed by atoms with Gasteiger partial charge in [0.2, 0.25) is 0 Å². The smallest absolute Gasteiger partial charge is 0.304 e. The number of carboxylic acid groups (broad SMARTS) is 1. The van der Waals surface area contributed by atoms with Crippen LogP contribution < -0.4 is 9.47 Å². The molecule has 19 heavy (non-hydrogen) atoms. The van der Waals surface area contributed by atoms with Crippen LogP contribution in [0, 0.1) is 11.6 Å². The number of ether oxygens (including phenoxy) is 2. The van der Waals surface area contributed by atoms with Gasteiger partial charge in [0.1, 0.15) is 0 Å². The average molecular weight is 274 g/mol. The minimum atomic E-state index is -1.23. The molecule has 0 aliphatic carbocycles. The number of carboxylic acids is 1. The van der Waals surface area contributed by atoms with Gasteiger partial charge in [0.15, 0.2) is 23.1 Å². The average Bonchev–Trinajstić information content (AvgIpc) is 2.27. The molecule has 106 valence electrons. The van der Waals surface area contributed by atoms with Crippen LogP contribution in [0.1, 0.15) is 25.8 Å². The zero-order chi connectivity index (χ0) is 14.8. The largest absolute Gasteiger partial charge is 0.494 e. The van der Waals surface area contributed by atoms with Crippen LogP contribution in [-0.4, -0.2) is 25.3 Å². The Morgan fingerprint density at radius 3 is 1.95 bits per heavy atom. The second-order valence-electron chi connectivity index (χ2n) is 4.74. The van der Waals surface area contributed by atoms with E-state index in [2.05, 4.69) is 0 Å². The van der Waals surface area contributed by atoms with Crippen LogP contribution in [0.2, 0.25) is 0 Å². The lowest BCUT2D eigenvalue weighted by atomic mass is 9.80. The monoisotopic (exact) mass is 274 g/mol. The Morgan fingerprint density at radius 2 is 1.63 bits per heavy atom. The van der Waals surface area contributed by atoms with Crippen molar-refractivity contribution in [2.24, 2.45) is 0 Å². The number of hydrogen-bond acceptors (Lipinski definition) is 3. The maximum absolute atomic E-state index is 14.2. The number of halogens is 2. The molecule has 0 amide bonds. The lowest BCUT2D eigenvalue weighted by Gasteiger charge is -2.25. The predicted octanol–water partition coefficient (Wildman–Crippen LogP) is 2.73. The zero-order valence-corrected chi connectivity index (χ0v) is 11.2. The Morgan fingerprint density at radius 1 is 1.21 bits per heavy atom. The molecule has 0 spiro atoms. The van der Waals surface area contributed by atoms with Crippen LogP contribution in [-0.2, 0) is 10.2 Å². The van der Waals surface area contributed by atoms with Crippen LogP contribution in [0.5, 0.6) is 11.5 Å². The van der Waals surface area contributed by atoms with Crippen molar-refractivity contribution in [3.8, 4) is 11.5 Å². The maximum Gasteiger partial charge on any atom is 0.304 e. The highest BCUT2D eigenvalue weighted by Crippen LogP contribution is 2.39. The van der Waals surface area contributed by atoms with Gasteiger partial charge in [0.05, 0.1) is 20.6 Å². The quantitative estimate of drug-likeness (QED) is 0.897. The van der Waals surface area contributed by atoms with E-state index in [0.29, 0.717) is 0 Å². The first-order valence-corrected chi connectivity index (χ1v) is 5.56. The van der Waals surface area contributed by atoms with E-state index < -0.39 is 29.4 Å². The van der Waals surface area contributed by atoms with Crippen molar-refractivity contribution in [1.29, 1.82) is 0 Å². The summed E-state index contributed by atoms with van der Waals surface area (Å²) < 4.78 is 38.0. The molecule has 1 aromatic carbocycles. The molecule has 4 nitrogen and oxygen atoms in total. The Bertz CT molecular complexity index is 470. The van der Waals surface area contributed by atoms with E-state index >= 15 is 0 Å². The maximum atomic E-state index is 14.2. The van der Waals surface area contributed by atoms with Gasteiger partial charge in [-0.1, -0.05) is 13.8 Å². The van der Waals surface area contributed by atoms with E-state index in [-0.39, 0.29) is 17.1 Å². The summed E-state index contributed by atoms with van der Waals surface area (Å²) in [5.41, 5.74) is -1.59. The van der Waals surface area contributed by atoms with Gasteiger partial charge in [-0.25, -0.2) is 8.78 Å². The number of aliphatic carboxylic acids is 1. The van der Waals surface area contributed by atoms with Gasteiger partial charge in [-0.05, 0) is 0 Å². The Hall–Kier alpha value is -1.85. The van der Waals surface area contributed by atoms with Gasteiger partial charge in [-0.15, -0.1) is 0 Å². The molecule has 1 aromatic rings. The van der Waals surface area contributed by atoms with Crippen LogP contribution >= 0.6 is 0 Å². The normalized spacial score (nSPS) is 11.3. The first kappa shape index (κ1) is 15.2. The number of carbonyl (C=O) groups is 1. The molecule has 0 saturated carbocycles. The first-order chi connectivity index (χ1) is 8.74. The molecule has 0 aromatic heterocycles. The minimum absolute atomic E-state index is 0.188. The second kappa shape index (κ2) is 5.42. The fourth-order valence-corrected chi connectivity index (χ4v) is 1.95. The molecule has 0 saturated heterocycles. The fourth-order valence-electron chi connectivity index (χ4n) is 1.95. The molecule has 0 fully saturated rings. The summed E-state index contributed by atoms with van der Waals surface area (Å²) >= 11 is 0. The van der Waals surface area contributed by atoms with Gasteiger partial charge >= 0.3 is 5.97 Å². The molecule has 6 heteroatoms. The third-order valence-corrected chi connectivity index (χ3v) is 2.84. The summed E-state index contributed by atoms with van der Waals surface area (Å²) in [5, 5.41) is 8.84. The molecule has 1 rings (SSSR count). The van der Waals surface area contributed by atoms with E-state index in [1.165, 1.54) is 28.1 Å². The number of benzene rings is 1. The molecule has 0 bridgehead atoms. The predicted molar refractivity (Wildman–Crippen MR) is 64.7 cm³/mol. The number of rotatable bonds is 5. The van der Waals surface area contributed by atoms with Crippen molar-refractivity contribution in [2.45, 2.75) is 25.7 Å². The molecular weight excluding hydrogens is 258 g/mol. The molecular formula is C13H16F2O4. The third-order valence-electron chi connectivity index (χ3n) is 2.84. The van der Waals surface area contributed by atoms with E-state index in [0.717, 1.165) is 6.07 Å². The number of methoxy groups -OCH3 is 2. The highest BCUT2D eigenvalue weighted by molar-refractivity contribution is 5.69. The summed E-state index contributed by atoms with van der Waals surface area (Å²) in [6.07, 6.45) is -0.419. The second-order valence-corrected chi connectivity index (χ2v) is 4.74. The summed E-state index contributed by atoms with van der Waals surface area (Å²) in [6, 6.07) is 1.09. The fraction of sp³-hybridized carbons (Fsp3) is 0.462. The molecule has 0 unspecified atom stereocenters. The zero-order valence-electron chi connectivity index (χ0n) is 11.2.